The number of carbonyl (C=O) groups excluding carboxylic acids is 3. The van der Waals surface area contributed by atoms with Crippen LogP contribution in [-0.4, -0.2) is 57.4 Å². The highest BCUT2D eigenvalue weighted by atomic mass is 16.5. The van der Waals surface area contributed by atoms with Gasteiger partial charge in [0.1, 0.15) is 17.0 Å². The number of carbonyl (C=O) groups is 3. The smallest absolute Gasteiger partial charge is 0.273 e. The molecule has 2 aliphatic rings. The van der Waals surface area contributed by atoms with Gasteiger partial charge in [-0.1, -0.05) is 31.9 Å². The second-order valence-corrected chi connectivity index (χ2v) is 9.29. The average molecular weight is 468 g/mol. The summed E-state index contributed by atoms with van der Waals surface area (Å²) in [5.74, 6) is -0.177. The minimum atomic E-state index is -1.04. The Labute approximate surface area is 199 Å². The van der Waals surface area contributed by atoms with Crippen LogP contribution in [0.15, 0.2) is 30.6 Å². The van der Waals surface area contributed by atoms with E-state index >= 15 is 0 Å². The zero-order chi connectivity index (χ0) is 24.3. The Morgan fingerprint density at radius 3 is 2.56 bits per heavy atom. The van der Waals surface area contributed by atoms with Crippen LogP contribution in [0.1, 0.15) is 72.5 Å². The predicted octanol–water partition coefficient (Wildman–Crippen LogP) is 2.51. The Kier molecular flexibility index (Phi) is 6.90. The summed E-state index contributed by atoms with van der Waals surface area (Å²) >= 11 is 0. The minimum Gasteiger partial charge on any atom is -0.497 e. The number of ether oxygens (including phenoxy) is 1. The third-order valence-corrected chi connectivity index (χ3v) is 6.81. The third-order valence-electron chi connectivity index (χ3n) is 6.81. The maximum Gasteiger partial charge on any atom is 0.273 e. The van der Waals surface area contributed by atoms with E-state index in [0.717, 1.165) is 37.0 Å². The van der Waals surface area contributed by atoms with Gasteiger partial charge in [0, 0.05) is 19.1 Å². The zero-order valence-corrected chi connectivity index (χ0v) is 20.1. The topological polar surface area (TPSA) is 106 Å². The second kappa shape index (κ2) is 9.87. The monoisotopic (exact) mass is 467 g/mol. The van der Waals surface area contributed by atoms with Crippen molar-refractivity contribution < 1.29 is 19.1 Å². The average Bonchev–Trinajstić information content (AvgIpc) is 3.50. The molecule has 2 heterocycles. The lowest BCUT2D eigenvalue weighted by Crippen LogP contribution is -2.65. The molecule has 34 heavy (non-hydrogen) atoms. The van der Waals surface area contributed by atoms with E-state index in [1.165, 1.54) is 6.33 Å². The lowest BCUT2D eigenvalue weighted by molar-refractivity contribution is -0.133. The SMILES string of the molecule is CCCN1C(=O)c2c(C(=O)NCc3ccc(OC)cc3)ncn2C[C@]1(C)C(=O)NC1CCCC1. The lowest BCUT2D eigenvalue weighted by Gasteiger charge is -2.44. The summed E-state index contributed by atoms with van der Waals surface area (Å²) in [6.45, 7) is 4.74. The van der Waals surface area contributed by atoms with Crippen LogP contribution < -0.4 is 15.4 Å². The molecule has 9 heteroatoms. The van der Waals surface area contributed by atoms with Gasteiger partial charge in [-0.15, -0.1) is 0 Å². The lowest BCUT2D eigenvalue weighted by atomic mass is 9.93. The van der Waals surface area contributed by atoms with E-state index in [1.807, 2.05) is 31.2 Å². The summed E-state index contributed by atoms with van der Waals surface area (Å²) in [5.41, 5.74) is 0.169. The molecule has 0 spiro atoms. The van der Waals surface area contributed by atoms with Crippen molar-refractivity contribution >= 4 is 17.7 Å². The first-order valence-corrected chi connectivity index (χ1v) is 12.0. The molecule has 9 nitrogen and oxygen atoms in total. The van der Waals surface area contributed by atoms with Crippen molar-refractivity contribution in [1.82, 2.24) is 25.1 Å². The van der Waals surface area contributed by atoms with Crippen LogP contribution in [0.3, 0.4) is 0 Å². The number of imidazole rings is 1. The molecule has 1 aromatic heterocycles. The molecule has 1 atom stereocenters. The molecule has 182 valence electrons. The van der Waals surface area contributed by atoms with Crippen LogP contribution >= 0.6 is 0 Å². The second-order valence-electron chi connectivity index (χ2n) is 9.29. The maximum atomic E-state index is 13.6. The maximum absolute atomic E-state index is 13.6. The zero-order valence-electron chi connectivity index (χ0n) is 20.1. The molecular weight excluding hydrogens is 434 g/mol. The third kappa shape index (κ3) is 4.51. The Bertz CT molecular complexity index is 1060. The van der Waals surface area contributed by atoms with Gasteiger partial charge in [0.25, 0.3) is 11.8 Å². The fourth-order valence-electron chi connectivity index (χ4n) is 4.85. The van der Waals surface area contributed by atoms with Gasteiger partial charge in [0.15, 0.2) is 5.69 Å². The van der Waals surface area contributed by atoms with Gasteiger partial charge in [-0.3, -0.25) is 14.4 Å². The van der Waals surface area contributed by atoms with Crippen LogP contribution in [-0.2, 0) is 17.9 Å². The first-order chi connectivity index (χ1) is 16.4. The van der Waals surface area contributed by atoms with E-state index in [1.54, 1.807) is 23.5 Å². The number of amides is 3. The molecule has 1 aromatic carbocycles. The van der Waals surface area contributed by atoms with Crippen LogP contribution in [0.5, 0.6) is 5.75 Å². The van der Waals surface area contributed by atoms with E-state index in [0.29, 0.717) is 19.5 Å². The summed E-state index contributed by atoms with van der Waals surface area (Å²) in [7, 11) is 1.60. The summed E-state index contributed by atoms with van der Waals surface area (Å²) in [5, 5.41) is 5.99. The molecule has 1 fully saturated rings. The number of hydrogen-bond acceptors (Lipinski definition) is 5. The van der Waals surface area contributed by atoms with Gasteiger partial charge in [-0.25, -0.2) is 4.98 Å². The molecule has 3 amide bonds. The molecule has 1 aliphatic carbocycles. The number of methoxy groups -OCH3 is 1. The first-order valence-electron chi connectivity index (χ1n) is 12.0. The first kappa shape index (κ1) is 23.8. The van der Waals surface area contributed by atoms with Gasteiger partial charge in [0.05, 0.1) is 20.0 Å². The number of fused-ring (bicyclic) bond motifs is 1. The number of rotatable bonds is 8. The Balaban J connectivity index is 1.53. The number of benzene rings is 1. The molecule has 2 aromatic rings. The standard InChI is InChI=1S/C25H33N5O4/c1-4-13-30-23(32)21-20(22(31)26-14-17-9-11-19(34-3)12-10-17)27-16-29(21)15-25(30,2)24(33)28-18-7-5-6-8-18/h9-12,16,18H,4-8,13-15H2,1-3H3,(H,26,31)(H,28,33)/t25-/m1/s1. The summed E-state index contributed by atoms with van der Waals surface area (Å²) in [4.78, 5) is 45.7. The van der Waals surface area contributed by atoms with Gasteiger partial charge in [0.2, 0.25) is 5.91 Å². The van der Waals surface area contributed by atoms with E-state index in [-0.39, 0.29) is 35.8 Å². The summed E-state index contributed by atoms with van der Waals surface area (Å²) in [6, 6.07) is 7.54. The molecule has 0 saturated heterocycles. The largest absolute Gasteiger partial charge is 0.497 e. The highest BCUT2D eigenvalue weighted by Gasteiger charge is 2.48. The van der Waals surface area contributed by atoms with Crippen molar-refractivity contribution in [3.05, 3.63) is 47.5 Å². The number of aromatic nitrogens is 2. The normalized spacial score (nSPS) is 20.2. The van der Waals surface area contributed by atoms with E-state index in [2.05, 4.69) is 15.6 Å². The van der Waals surface area contributed by atoms with Crippen LogP contribution in [0.4, 0.5) is 0 Å². The molecule has 0 unspecified atom stereocenters. The van der Waals surface area contributed by atoms with Crippen LogP contribution in [0, 0.1) is 0 Å². The molecule has 2 N–H and O–H groups in total. The summed E-state index contributed by atoms with van der Waals surface area (Å²) in [6.07, 6.45) is 6.35. The Morgan fingerprint density at radius 1 is 1.21 bits per heavy atom. The molecule has 4 rings (SSSR count). The fraction of sp³-hybridized carbons (Fsp3) is 0.520. The molecule has 1 saturated carbocycles. The van der Waals surface area contributed by atoms with E-state index in [9.17, 15) is 14.4 Å². The number of hydrogen-bond donors (Lipinski definition) is 2. The Hall–Kier alpha value is -3.36. The van der Waals surface area contributed by atoms with Crippen molar-refractivity contribution in [3.8, 4) is 5.75 Å². The highest BCUT2D eigenvalue weighted by molar-refractivity contribution is 6.07. The molecular formula is C25H33N5O4. The predicted molar refractivity (Wildman–Crippen MR) is 127 cm³/mol. The highest BCUT2D eigenvalue weighted by Crippen LogP contribution is 2.30. The van der Waals surface area contributed by atoms with Crippen molar-refractivity contribution in [3.63, 3.8) is 0 Å². The molecule has 1 aliphatic heterocycles. The summed E-state index contributed by atoms with van der Waals surface area (Å²) < 4.78 is 6.80. The van der Waals surface area contributed by atoms with Crippen molar-refractivity contribution in [2.75, 3.05) is 13.7 Å². The van der Waals surface area contributed by atoms with E-state index < -0.39 is 11.4 Å². The van der Waals surface area contributed by atoms with E-state index in [4.69, 9.17) is 4.74 Å². The van der Waals surface area contributed by atoms with Gasteiger partial charge < -0.3 is 24.8 Å². The van der Waals surface area contributed by atoms with Crippen molar-refractivity contribution in [2.45, 2.75) is 70.6 Å². The van der Waals surface area contributed by atoms with Crippen molar-refractivity contribution in [2.24, 2.45) is 0 Å². The Morgan fingerprint density at radius 2 is 1.91 bits per heavy atom. The fourth-order valence-corrected chi connectivity index (χ4v) is 4.85. The van der Waals surface area contributed by atoms with Crippen LogP contribution in [0.25, 0.3) is 0 Å². The number of nitrogens with one attached hydrogen (secondary N) is 2. The minimum absolute atomic E-state index is 0.0814. The van der Waals surface area contributed by atoms with Gasteiger partial charge >= 0.3 is 0 Å². The van der Waals surface area contributed by atoms with Crippen LogP contribution in [0.2, 0.25) is 0 Å². The quantitative estimate of drug-likeness (QED) is 0.621. The van der Waals surface area contributed by atoms with Gasteiger partial charge in [-0.05, 0) is 43.9 Å². The molecule has 0 radical (unpaired) electrons. The van der Waals surface area contributed by atoms with Crippen molar-refractivity contribution in [1.29, 1.82) is 0 Å². The molecule has 0 bridgehead atoms. The number of nitrogens with zero attached hydrogens (tertiary/aromatic N) is 3. The van der Waals surface area contributed by atoms with Gasteiger partial charge in [-0.2, -0.15) is 0 Å².